The Bertz CT molecular complexity index is 776. The number of piperidine rings is 1. The molecule has 5 fully saturated rings. The van der Waals surface area contributed by atoms with Crippen molar-refractivity contribution in [3.05, 3.63) is 11.6 Å². The van der Waals surface area contributed by atoms with E-state index in [2.05, 4.69) is 11.0 Å². The molecule has 2 spiro atoms. The maximum atomic E-state index is 13.6. The Hall–Kier alpha value is -1.20. The van der Waals surface area contributed by atoms with Crippen molar-refractivity contribution in [1.29, 1.82) is 0 Å². The number of aliphatic hydroxyl groups is 1. The lowest BCUT2D eigenvalue weighted by molar-refractivity contribution is -0.176. The van der Waals surface area contributed by atoms with E-state index in [1.165, 1.54) is 18.4 Å². The maximum absolute atomic E-state index is 13.6. The highest BCUT2D eigenvalue weighted by molar-refractivity contribution is 5.95. The molecule has 0 amide bonds. The predicted molar refractivity (Wildman–Crippen MR) is 97.7 cm³/mol. The Labute approximate surface area is 160 Å². The molecule has 146 valence electrons. The first-order valence-corrected chi connectivity index (χ1v) is 10.8. The second-order valence-corrected chi connectivity index (χ2v) is 10.1. The molecule has 2 saturated carbocycles. The van der Waals surface area contributed by atoms with E-state index in [-0.39, 0.29) is 35.1 Å². The van der Waals surface area contributed by atoms with Crippen molar-refractivity contribution in [3.63, 3.8) is 0 Å². The Morgan fingerprint density at radius 1 is 1.26 bits per heavy atom. The van der Waals surface area contributed by atoms with Crippen LogP contribution < -0.4 is 0 Å². The molecule has 0 aromatic carbocycles. The summed E-state index contributed by atoms with van der Waals surface area (Å²) in [5, 5.41) is 10.9. The molecule has 1 N–H and O–H groups in total. The zero-order chi connectivity index (χ0) is 18.6. The van der Waals surface area contributed by atoms with Crippen LogP contribution in [0.3, 0.4) is 0 Å². The average Bonchev–Trinajstić information content (AvgIpc) is 3.27. The van der Waals surface area contributed by atoms with E-state index in [0.29, 0.717) is 24.7 Å². The van der Waals surface area contributed by atoms with Gasteiger partial charge in [0.2, 0.25) is 0 Å². The lowest BCUT2D eigenvalue weighted by Crippen LogP contribution is -2.61. The Kier molecular flexibility index (Phi) is 3.12. The first-order chi connectivity index (χ1) is 13.0. The monoisotopic (exact) mass is 371 g/mol. The third-order valence-electron chi connectivity index (χ3n) is 9.46. The van der Waals surface area contributed by atoms with Gasteiger partial charge in [0.1, 0.15) is 11.6 Å². The molecular weight excluding hydrogens is 342 g/mol. The minimum atomic E-state index is -0.708. The van der Waals surface area contributed by atoms with Gasteiger partial charge >= 0.3 is 5.97 Å². The number of fused-ring (bicyclic) bond motifs is 1. The van der Waals surface area contributed by atoms with Crippen molar-refractivity contribution < 1.29 is 19.4 Å². The number of nitrogens with zero attached hydrogens (tertiary/aromatic N) is 1. The van der Waals surface area contributed by atoms with Gasteiger partial charge < -0.3 is 9.84 Å². The minimum absolute atomic E-state index is 0.0225. The highest BCUT2D eigenvalue weighted by Gasteiger charge is 2.82. The summed E-state index contributed by atoms with van der Waals surface area (Å²) >= 11 is 0. The fourth-order valence-electron chi connectivity index (χ4n) is 8.60. The molecule has 6 aliphatic rings. The number of hydrogen-bond donors (Lipinski definition) is 1. The van der Waals surface area contributed by atoms with E-state index in [0.717, 1.165) is 32.4 Å². The van der Waals surface area contributed by atoms with Gasteiger partial charge in [0, 0.05) is 36.3 Å². The van der Waals surface area contributed by atoms with Gasteiger partial charge in [-0.05, 0) is 50.4 Å². The van der Waals surface area contributed by atoms with Gasteiger partial charge in [-0.15, -0.1) is 0 Å². The summed E-state index contributed by atoms with van der Waals surface area (Å²) in [4.78, 5) is 28.4. The molecule has 3 aliphatic carbocycles. The number of rotatable bonds is 1. The lowest BCUT2D eigenvalue weighted by atomic mass is 9.53. The lowest BCUT2D eigenvalue weighted by Gasteiger charge is -2.52. The molecule has 0 radical (unpaired) electrons. The van der Waals surface area contributed by atoms with Crippen molar-refractivity contribution in [2.24, 2.45) is 28.6 Å². The zero-order valence-electron chi connectivity index (χ0n) is 16.1. The van der Waals surface area contributed by atoms with E-state index in [1.54, 1.807) is 0 Å². The number of hydrogen-bond acceptors (Lipinski definition) is 5. The zero-order valence-corrected chi connectivity index (χ0v) is 16.1. The third kappa shape index (κ3) is 1.60. The van der Waals surface area contributed by atoms with Crippen molar-refractivity contribution >= 4 is 11.8 Å². The Morgan fingerprint density at radius 3 is 2.93 bits per heavy atom. The molecule has 6 rings (SSSR count). The summed E-state index contributed by atoms with van der Waals surface area (Å²) in [5.41, 5.74) is 0.0640. The van der Waals surface area contributed by atoms with Crippen LogP contribution in [0.4, 0.5) is 0 Å². The first-order valence-electron chi connectivity index (χ1n) is 10.8. The Balaban J connectivity index is 1.66. The van der Waals surface area contributed by atoms with Crippen molar-refractivity contribution in [3.8, 4) is 0 Å². The number of carbonyl (C=O) groups is 2. The number of esters is 1. The standard InChI is InChI=1S/C22H29NO4/c1-13-9-23-10-15-6-5-14-3-2-4-16(14)21-8-7-17(25)27-19(21)22(23,18(13)26)11-20(15,21)12-24/h4,13-15,19,24H,2-3,5-12H2,1H3. The summed E-state index contributed by atoms with van der Waals surface area (Å²) < 4.78 is 6.16. The number of carbonyl (C=O) groups excluding carboxylic acids is 2. The summed E-state index contributed by atoms with van der Waals surface area (Å²) in [6.45, 7) is 3.76. The van der Waals surface area contributed by atoms with Gasteiger partial charge in [-0.3, -0.25) is 14.5 Å². The van der Waals surface area contributed by atoms with Crippen LogP contribution in [0.5, 0.6) is 0 Å². The van der Waals surface area contributed by atoms with E-state index >= 15 is 0 Å². The van der Waals surface area contributed by atoms with Crippen molar-refractivity contribution in [2.45, 2.75) is 63.5 Å². The maximum Gasteiger partial charge on any atom is 0.306 e. The van der Waals surface area contributed by atoms with Gasteiger partial charge in [0.15, 0.2) is 5.78 Å². The largest absolute Gasteiger partial charge is 0.459 e. The van der Waals surface area contributed by atoms with Crippen LogP contribution in [0.2, 0.25) is 0 Å². The van der Waals surface area contributed by atoms with E-state index < -0.39 is 11.6 Å². The fraction of sp³-hybridized carbons (Fsp3) is 0.818. The van der Waals surface area contributed by atoms with Gasteiger partial charge in [-0.2, -0.15) is 0 Å². The second-order valence-electron chi connectivity index (χ2n) is 10.1. The van der Waals surface area contributed by atoms with Gasteiger partial charge in [0.25, 0.3) is 0 Å². The third-order valence-corrected chi connectivity index (χ3v) is 9.46. The fourth-order valence-corrected chi connectivity index (χ4v) is 8.60. The quantitative estimate of drug-likeness (QED) is 0.565. The molecular formula is C22H29NO4. The average molecular weight is 371 g/mol. The minimum Gasteiger partial charge on any atom is -0.459 e. The molecule has 0 aromatic rings. The van der Waals surface area contributed by atoms with Crippen LogP contribution in [0.1, 0.15) is 51.9 Å². The van der Waals surface area contributed by atoms with Crippen LogP contribution in [0, 0.1) is 28.6 Å². The highest BCUT2D eigenvalue weighted by Crippen LogP contribution is 2.75. The topological polar surface area (TPSA) is 66.8 Å². The van der Waals surface area contributed by atoms with Crippen LogP contribution in [-0.2, 0) is 14.3 Å². The van der Waals surface area contributed by atoms with Crippen LogP contribution in [0.15, 0.2) is 11.6 Å². The normalized spacial score (nSPS) is 53.3. The summed E-state index contributed by atoms with van der Waals surface area (Å²) in [5.74, 6) is 0.975. The number of Topliss-reactive ketones (excluding diaryl/α,β-unsaturated/α-hetero) is 1. The molecule has 2 bridgehead atoms. The van der Waals surface area contributed by atoms with Crippen molar-refractivity contribution in [1.82, 2.24) is 4.90 Å². The molecule has 27 heavy (non-hydrogen) atoms. The molecule has 3 saturated heterocycles. The Morgan fingerprint density at radius 2 is 2.11 bits per heavy atom. The summed E-state index contributed by atoms with van der Waals surface area (Å²) in [6, 6.07) is 0. The molecule has 0 aromatic heterocycles. The molecule has 7 atom stereocenters. The number of ether oxygens (including phenoxy) is 1. The van der Waals surface area contributed by atoms with Crippen LogP contribution in [0.25, 0.3) is 0 Å². The van der Waals surface area contributed by atoms with E-state index in [4.69, 9.17) is 4.74 Å². The van der Waals surface area contributed by atoms with Gasteiger partial charge in [0.05, 0.1) is 6.61 Å². The van der Waals surface area contributed by atoms with Crippen LogP contribution in [-0.4, -0.2) is 53.1 Å². The van der Waals surface area contributed by atoms with Crippen molar-refractivity contribution in [2.75, 3.05) is 19.7 Å². The second kappa shape index (κ2) is 5.04. The van der Waals surface area contributed by atoms with Crippen LogP contribution >= 0.6 is 0 Å². The number of aliphatic hydroxyl groups excluding tert-OH is 1. The molecule has 3 aliphatic heterocycles. The van der Waals surface area contributed by atoms with Gasteiger partial charge in [-0.1, -0.05) is 18.6 Å². The SMILES string of the molecule is CC1CN2CC3CCC4CCC=C4C45CCC(=O)OC4C2(CC35CO)C1=O. The molecule has 5 heteroatoms. The first kappa shape index (κ1) is 16.7. The molecule has 5 nitrogen and oxygen atoms in total. The molecule has 7 unspecified atom stereocenters. The van der Waals surface area contributed by atoms with Gasteiger partial charge in [-0.25, -0.2) is 0 Å². The summed E-state index contributed by atoms with van der Waals surface area (Å²) in [6.07, 6.45) is 8.34. The smallest absolute Gasteiger partial charge is 0.306 e. The number of allylic oxidation sites excluding steroid dienone is 1. The molecule has 3 heterocycles. The van der Waals surface area contributed by atoms with E-state index in [1.807, 2.05) is 6.92 Å². The predicted octanol–water partition coefficient (Wildman–Crippen LogP) is 2.08. The van der Waals surface area contributed by atoms with E-state index in [9.17, 15) is 14.7 Å². The number of ketones is 1. The summed E-state index contributed by atoms with van der Waals surface area (Å²) in [7, 11) is 0. The highest BCUT2D eigenvalue weighted by atomic mass is 16.5.